The Balaban J connectivity index is 2.27. The molecule has 2 N–H and O–H groups in total. The van der Waals surface area contributed by atoms with Gasteiger partial charge in [0.25, 0.3) is 0 Å². The summed E-state index contributed by atoms with van der Waals surface area (Å²) in [7, 11) is 0. The molecule has 0 aliphatic heterocycles. The first-order valence-electron chi connectivity index (χ1n) is 9.29. The average Bonchev–Trinajstić information content (AvgIpc) is 2.97. The van der Waals surface area contributed by atoms with Gasteiger partial charge in [0.15, 0.2) is 5.78 Å². The second kappa shape index (κ2) is 13.1. The number of carbonyl (C=O) groups is 2. The number of aliphatic carboxylic acids is 1. The van der Waals surface area contributed by atoms with Crippen molar-refractivity contribution in [3.63, 3.8) is 0 Å². The summed E-state index contributed by atoms with van der Waals surface area (Å²) >= 11 is 0. The van der Waals surface area contributed by atoms with E-state index in [-0.39, 0.29) is 24.0 Å². The van der Waals surface area contributed by atoms with Crippen LogP contribution in [0, 0.1) is 11.8 Å². The van der Waals surface area contributed by atoms with E-state index in [1.807, 2.05) is 43.4 Å². The minimum absolute atomic E-state index is 0.0623. The molecule has 0 aromatic carbocycles. The Morgan fingerprint density at radius 2 is 1.81 bits per heavy atom. The first-order valence-corrected chi connectivity index (χ1v) is 9.29. The highest BCUT2D eigenvalue weighted by Gasteiger charge is 2.26. The van der Waals surface area contributed by atoms with E-state index in [9.17, 15) is 14.7 Å². The van der Waals surface area contributed by atoms with Gasteiger partial charge in [-0.25, -0.2) is 0 Å². The van der Waals surface area contributed by atoms with Gasteiger partial charge in [-0.1, -0.05) is 61.6 Å². The van der Waals surface area contributed by atoms with E-state index in [1.165, 1.54) is 0 Å². The second-order valence-electron chi connectivity index (χ2n) is 6.36. The quantitative estimate of drug-likeness (QED) is 0.507. The van der Waals surface area contributed by atoms with Gasteiger partial charge in [0.2, 0.25) is 0 Å². The molecule has 1 rings (SSSR count). The van der Waals surface area contributed by atoms with Crippen molar-refractivity contribution < 1.29 is 19.8 Å². The summed E-state index contributed by atoms with van der Waals surface area (Å²) in [6, 6.07) is 0. The molecule has 0 bridgehead atoms. The Kier molecular flexibility index (Phi) is 11.0. The maximum absolute atomic E-state index is 12.0. The van der Waals surface area contributed by atoms with E-state index in [1.54, 1.807) is 12.2 Å². The van der Waals surface area contributed by atoms with Crippen LogP contribution in [0.4, 0.5) is 0 Å². The molecule has 0 aromatic rings. The zero-order chi connectivity index (χ0) is 19.2. The number of carboxylic acids is 1. The van der Waals surface area contributed by atoms with Crippen LogP contribution in [0.5, 0.6) is 0 Å². The van der Waals surface area contributed by atoms with Gasteiger partial charge < -0.3 is 10.2 Å². The van der Waals surface area contributed by atoms with Crippen molar-refractivity contribution in [1.82, 2.24) is 0 Å². The number of carboxylic acid groups (broad SMARTS) is 1. The Labute approximate surface area is 156 Å². The second-order valence-corrected chi connectivity index (χ2v) is 6.36. The van der Waals surface area contributed by atoms with Crippen LogP contribution in [0.1, 0.15) is 45.4 Å². The highest BCUT2D eigenvalue weighted by Crippen LogP contribution is 2.27. The fourth-order valence-corrected chi connectivity index (χ4v) is 2.63. The fourth-order valence-electron chi connectivity index (χ4n) is 2.63. The molecule has 3 atom stereocenters. The molecule has 0 heterocycles. The topological polar surface area (TPSA) is 74.6 Å². The molecule has 1 aliphatic carbocycles. The fraction of sp³-hybridized carbons (Fsp3) is 0.455. The zero-order valence-corrected chi connectivity index (χ0v) is 15.5. The van der Waals surface area contributed by atoms with Crippen molar-refractivity contribution in [2.75, 3.05) is 0 Å². The SMILES string of the molecule is CC[C@H](O)/C=C/[C@@H]1C=CC(=O)[C@H]1C/C=C\C/C=C\C/C=C\CCC(=O)O. The van der Waals surface area contributed by atoms with Crippen molar-refractivity contribution in [3.8, 4) is 0 Å². The number of rotatable bonds is 12. The third-order valence-corrected chi connectivity index (χ3v) is 4.25. The van der Waals surface area contributed by atoms with Crippen LogP contribution in [0.25, 0.3) is 0 Å². The molecular formula is C22H30O4. The Bertz CT molecular complexity index is 581. The van der Waals surface area contributed by atoms with Gasteiger partial charge in [0, 0.05) is 18.3 Å². The van der Waals surface area contributed by atoms with E-state index < -0.39 is 12.1 Å². The normalized spacial score (nSPS) is 21.8. The van der Waals surface area contributed by atoms with Crippen molar-refractivity contribution in [2.45, 2.75) is 51.6 Å². The van der Waals surface area contributed by atoms with Gasteiger partial charge in [-0.15, -0.1) is 0 Å². The highest BCUT2D eigenvalue weighted by molar-refractivity contribution is 5.95. The molecule has 26 heavy (non-hydrogen) atoms. The standard InChI is InChI=1S/C22H30O4/c1-2-19(23)16-14-18-15-17-21(24)20(18)12-10-8-6-4-3-5-7-9-11-13-22(25)26/h3-4,7-10,14-20,23H,2,5-6,11-13H2,1H3,(H,25,26)/b4-3-,9-7-,10-8-,16-14+/t18-,19+,20+/m1/s1. The van der Waals surface area contributed by atoms with E-state index in [2.05, 4.69) is 12.2 Å². The molecule has 0 saturated carbocycles. The number of allylic oxidation sites excluding steroid dienone is 9. The first-order chi connectivity index (χ1) is 12.5. The van der Waals surface area contributed by atoms with E-state index in [0.717, 1.165) is 12.8 Å². The van der Waals surface area contributed by atoms with Crippen molar-refractivity contribution in [2.24, 2.45) is 11.8 Å². The number of hydrogen-bond donors (Lipinski definition) is 2. The molecule has 0 unspecified atom stereocenters. The van der Waals surface area contributed by atoms with E-state index in [4.69, 9.17) is 5.11 Å². The molecule has 0 fully saturated rings. The molecule has 0 aromatic heterocycles. The van der Waals surface area contributed by atoms with Gasteiger partial charge in [0.05, 0.1) is 6.10 Å². The van der Waals surface area contributed by atoms with Crippen molar-refractivity contribution in [3.05, 3.63) is 60.8 Å². The summed E-state index contributed by atoms with van der Waals surface area (Å²) in [5, 5.41) is 18.1. The predicted molar refractivity (Wildman–Crippen MR) is 105 cm³/mol. The minimum atomic E-state index is -0.773. The average molecular weight is 358 g/mol. The highest BCUT2D eigenvalue weighted by atomic mass is 16.4. The summed E-state index contributed by atoms with van der Waals surface area (Å²) in [4.78, 5) is 22.3. The maximum atomic E-state index is 12.0. The Morgan fingerprint density at radius 3 is 2.46 bits per heavy atom. The summed E-state index contributed by atoms with van der Waals surface area (Å²) < 4.78 is 0. The first kappa shape index (κ1) is 21.8. The van der Waals surface area contributed by atoms with E-state index in [0.29, 0.717) is 19.3 Å². The van der Waals surface area contributed by atoms with Crippen LogP contribution < -0.4 is 0 Å². The molecule has 1 aliphatic rings. The van der Waals surface area contributed by atoms with Crippen LogP contribution in [0.15, 0.2) is 60.8 Å². The Hall–Kier alpha value is -2.20. The van der Waals surface area contributed by atoms with Crippen LogP contribution >= 0.6 is 0 Å². The Morgan fingerprint density at radius 1 is 1.15 bits per heavy atom. The van der Waals surface area contributed by atoms with Crippen molar-refractivity contribution >= 4 is 11.8 Å². The van der Waals surface area contributed by atoms with Gasteiger partial charge >= 0.3 is 5.97 Å². The predicted octanol–water partition coefficient (Wildman–Crippen LogP) is 4.39. The van der Waals surface area contributed by atoms with Gasteiger partial charge in [0.1, 0.15) is 0 Å². The summed E-state index contributed by atoms with van der Waals surface area (Å²) in [5.41, 5.74) is 0. The number of ketones is 1. The molecule has 0 amide bonds. The molecule has 4 nitrogen and oxygen atoms in total. The lowest BCUT2D eigenvalue weighted by Crippen LogP contribution is -2.14. The van der Waals surface area contributed by atoms with E-state index >= 15 is 0 Å². The monoisotopic (exact) mass is 358 g/mol. The summed E-state index contributed by atoms with van der Waals surface area (Å²) in [5.74, 6) is -0.615. The lowest BCUT2D eigenvalue weighted by Gasteiger charge is -2.13. The molecule has 0 radical (unpaired) electrons. The smallest absolute Gasteiger partial charge is 0.303 e. The number of aliphatic hydroxyl groups is 1. The lowest BCUT2D eigenvalue weighted by molar-refractivity contribution is -0.136. The molecule has 0 spiro atoms. The van der Waals surface area contributed by atoms with Crippen LogP contribution in [-0.2, 0) is 9.59 Å². The van der Waals surface area contributed by atoms with Gasteiger partial charge in [-0.3, -0.25) is 9.59 Å². The van der Waals surface area contributed by atoms with Crippen LogP contribution in [0.2, 0.25) is 0 Å². The molecular weight excluding hydrogens is 328 g/mol. The maximum Gasteiger partial charge on any atom is 0.303 e. The van der Waals surface area contributed by atoms with Gasteiger partial charge in [-0.05, 0) is 38.2 Å². The van der Waals surface area contributed by atoms with Crippen LogP contribution in [-0.4, -0.2) is 28.1 Å². The zero-order valence-electron chi connectivity index (χ0n) is 15.5. The largest absolute Gasteiger partial charge is 0.481 e. The molecule has 0 saturated heterocycles. The van der Waals surface area contributed by atoms with Crippen molar-refractivity contribution in [1.29, 1.82) is 0 Å². The van der Waals surface area contributed by atoms with Crippen LogP contribution in [0.3, 0.4) is 0 Å². The minimum Gasteiger partial charge on any atom is -0.481 e. The number of carbonyl (C=O) groups excluding carboxylic acids is 1. The third kappa shape index (κ3) is 9.33. The number of hydrogen-bond acceptors (Lipinski definition) is 3. The van der Waals surface area contributed by atoms with Gasteiger partial charge in [-0.2, -0.15) is 0 Å². The number of aliphatic hydroxyl groups excluding tert-OH is 1. The molecule has 4 heteroatoms. The lowest BCUT2D eigenvalue weighted by atomic mass is 9.90. The summed E-state index contributed by atoms with van der Waals surface area (Å²) in [6.45, 7) is 1.92. The summed E-state index contributed by atoms with van der Waals surface area (Å²) in [6.07, 6.45) is 22.6. The molecule has 142 valence electrons. The third-order valence-electron chi connectivity index (χ3n) is 4.25.